The van der Waals surface area contributed by atoms with Crippen LogP contribution in [0.4, 0.5) is 0 Å². The fourth-order valence-electron chi connectivity index (χ4n) is 0.702. The lowest BCUT2D eigenvalue weighted by atomic mass is 10.0. The van der Waals surface area contributed by atoms with Gasteiger partial charge in [-0.15, -0.1) is 0 Å². The van der Waals surface area contributed by atoms with E-state index in [1.165, 1.54) is 0 Å². The van der Waals surface area contributed by atoms with Crippen molar-refractivity contribution < 1.29 is 9.59 Å². The van der Waals surface area contributed by atoms with E-state index in [0.29, 0.717) is 12.8 Å². The Kier molecular flexibility index (Phi) is 5.07. The molecule has 0 radical (unpaired) electrons. The van der Waals surface area contributed by atoms with Crippen LogP contribution >= 0.6 is 0 Å². The van der Waals surface area contributed by atoms with Gasteiger partial charge in [0.1, 0.15) is 12.6 Å². The van der Waals surface area contributed by atoms with Crippen LogP contribution in [-0.2, 0) is 9.59 Å². The molecule has 0 saturated carbocycles. The minimum absolute atomic E-state index is 0.278. The number of carbonyl (C=O) groups is 2. The molecule has 0 aromatic carbocycles. The molecule has 0 saturated heterocycles. The lowest BCUT2D eigenvalue weighted by Crippen LogP contribution is -1.99. The molecule has 0 amide bonds. The second-order valence-corrected chi connectivity index (χ2v) is 2.08. The van der Waals surface area contributed by atoms with Crippen molar-refractivity contribution in [3.05, 3.63) is 0 Å². The van der Waals surface area contributed by atoms with Crippen LogP contribution in [0.3, 0.4) is 0 Å². The molecule has 0 bridgehead atoms. The van der Waals surface area contributed by atoms with Crippen molar-refractivity contribution in [1.82, 2.24) is 0 Å². The fourth-order valence-corrected chi connectivity index (χ4v) is 0.702. The summed E-state index contributed by atoms with van der Waals surface area (Å²) in [5, 5.41) is 0. The zero-order chi connectivity index (χ0) is 7.11. The highest BCUT2D eigenvalue weighted by atomic mass is 16.1. The topological polar surface area (TPSA) is 34.1 Å². The Hall–Kier alpha value is -0.660. The first-order valence-corrected chi connectivity index (χ1v) is 3.22. The molecule has 0 aliphatic rings. The van der Waals surface area contributed by atoms with Crippen LogP contribution in [0.1, 0.15) is 26.2 Å². The summed E-state index contributed by atoms with van der Waals surface area (Å²) in [5.41, 5.74) is 0. The average Bonchev–Trinajstić information content (AvgIpc) is 1.88. The van der Waals surface area contributed by atoms with Gasteiger partial charge in [0, 0.05) is 12.8 Å². The van der Waals surface area contributed by atoms with Crippen molar-refractivity contribution in [2.75, 3.05) is 0 Å². The number of aldehydes is 2. The lowest BCUT2D eigenvalue weighted by Gasteiger charge is -2.03. The summed E-state index contributed by atoms with van der Waals surface area (Å²) < 4.78 is 0. The summed E-state index contributed by atoms with van der Waals surface area (Å²) in [7, 11) is 0. The molecule has 0 unspecified atom stereocenters. The SMILES string of the molecule is CCC(CC=O)CC=O. The molecule has 52 valence electrons. The number of hydrogen-bond acceptors (Lipinski definition) is 2. The van der Waals surface area contributed by atoms with Crippen molar-refractivity contribution in [2.24, 2.45) is 5.92 Å². The van der Waals surface area contributed by atoms with Crippen molar-refractivity contribution in [3.63, 3.8) is 0 Å². The second-order valence-electron chi connectivity index (χ2n) is 2.08. The summed E-state index contributed by atoms with van der Waals surface area (Å²) in [5.74, 6) is 0.278. The molecule has 0 aromatic heterocycles. The van der Waals surface area contributed by atoms with Gasteiger partial charge in [0.05, 0.1) is 0 Å². The molecular weight excluding hydrogens is 116 g/mol. The van der Waals surface area contributed by atoms with Crippen LogP contribution in [0.15, 0.2) is 0 Å². The van der Waals surface area contributed by atoms with Crippen molar-refractivity contribution in [1.29, 1.82) is 0 Å². The molecule has 0 aromatic rings. The smallest absolute Gasteiger partial charge is 0.120 e. The molecule has 0 N–H and O–H groups in total. The van der Waals surface area contributed by atoms with E-state index in [1.807, 2.05) is 6.92 Å². The maximum Gasteiger partial charge on any atom is 0.120 e. The molecule has 0 aliphatic heterocycles. The Labute approximate surface area is 55.3 Å². The molecule has 0 fully saturated rings. The number of rotatable bonds is 5. The van der Waals surface area contributed by atoms with Gasteiger partial charge in [0.2, 0.25) is 0 Å². The minimum atomic E-state index is 0.278. The summed E-state index contributed by atoms with van der Waals surface area (Å²) in [6.45, 7) is 1.98. The monoisotopic (exact) mass is 128 g/mol. The molecule has 0 rings (SSSR count). The van der Waals surface area contributed by atoms with E-state index < -0.39 is 0 Å². The highest BCUT2D eigenvalue weighted by molar-refractivity contribution is 5.54. The van der Waals surface area contributed by atoms with Gasteiger partial charge in [0.15, 0.2) is 0 Å². The van der Waals surface area contributed by atoms with Gasteiger partial charge in [-0.1, -0.05) is 13.3 Å². The summed E-state index contributed by atoms with van der Waals surface area (Å²) in [4.78, 5) is 19.9. The first-order chi connectivity index (χ1) is 4.35. The van der Waals surface area contributed by atoms with E-state index in [1.54, 1.807) is 0 Å². The predicted molar refractivity (Wildman–Crippen MR) is 35.1 cm³/mol. The van der Waals surface area contributed by atoms with E-state index in [2.05, 4.69) is 0 Å². The van der Waals surface area contributed by atoms with E-state index in [0.717, 1.165) is 19.0 Å². The van der Waals surface area contributed by atoms with E-state index in [4.69, 9.17) is 0 Å². The number of hydrogen-bond donors (Lipinski definition) is 0. The van der Waals surface area contributed by atoms with Gasteiger partial charge in [-0.25, -0.2) is 0 Å². The zero-order valence-electron chi connectivity index (χ0n) is 5.67. The standard InChI is InChI=1S/C7H12O2/c1-2-7(3-5-8)4-6-9/h5-7H,2-4H2,1H3. The van der Waals surface area contributed by atoms with Crippen molar-refractivity contribution in [2.45, 2.75) is 26.2 Å². The molecular formula is C7H12O2. The maximum atomic E-state index is 9.93. The highest BCUT2D eigenvalue weighted by Crippen LogP contribution is 2.08. The van der Waals surface area contributed by atoms with Crippen molar-refractivity contribution >= 4 is 12.6 Å². The summed E-state index contributed by atoms with van der Waals surface area (Å²) in [6.07, 6.45) is 3.71. The zero-order valence-corrected chi connectivity index (χ0v) is 5.67. The van der Waals surface area contributed by atoms with Gasteiger partial charge >= 0.3 is 0 Å². The number of carbonyl (C=O) groups excluding carboxylic acids is 2. The third-order valence-corrected chi connectivity index (χ3v) is 1.44. The summed E-state index contributed by atoms with van der Waals surface area (Å²) in [6, 6.07) is 0. The third kappa shape index (κ3) is 3.88. The molecule has 9 heavy (non-hydrogen) atoms. The Bertz CT molecular complexity index is 78.9. The Morgan fingerprint density at radius 1 is 1.22 bits per heavy atom. The third-order valence-electron chi connectivity index (χ3n) is 1.44. The maximum absolute atomic E-state index is 9.93. The Morgan fingerprint density at radius 2 is 1.67 bits per heavy atom. The Balaban J connectivity index is 3.39. The first-order valence-electron chi connectivity index (χ1n) is 3.22. The van der Waals surface area contributed by atoms with Crippen LogP contribution in [0.25, 0.3) is 0 Å². The molecule has 0 spiro atoms. The molecule has 0 atom stereocenters. The second kappa shape index (κ2) is 5.48. The fraction of sp³-hybridized carbons (Fsp3) is 0.714. The van der Waals surface area contributed by atoms with Gasteiger partial charge in [0.25, 0.3) is 0 Å². The van der Waals surface area contributed by atoms with Gasteiger partial charge in [-0.2, -0.15) is 0 Å². The van der Waals surface area contributed by atoms with Crippen LogP contribution in [0.2, 0.25) is 0 Å². The first kappa shape index (κ1) is 8.34. The molecule has 0 aliphatic carbocycles. The van der Waals surface area contributed by atoms with Crippen LogP contribution in [-0.4, -0.2) is 12.6 Å². The highest BCUT2D eigenvalue weighted by Gasteiger charge is 2.02. The van der Waals surface area contributed by atoms with Crippen LogP contribution < -0.4 is 0 Å². The predicted octanol–water partition coefficient (Wildman–Crippen LogP) is 1.19. The summed E-state index contributed by atoms with van der Waals surface area (Å²) >= 11 is 0. The van der Waals surface area contributed by atoms with Crippen molar-refractivity contribution in [3.8, 4) is 0 Å². The molecule has 2 nitrogen and oxygen atoms in total. The van der Waals surface area contributed by atoms with E-state index in [9.17, 15) is 9.59 Å². The quantitative estimate of drug-likeness (QED) is 0.521. The molecule has 0 heterocycles. The van der Waals surface area contributed by atoms with Gasteiger partial charge in [-0.3, -0.25) is 0 Å². The largest absolute Gasteiger partial charge is 0.303 e. The Morgan fingerprint density at radius 3 is 1.89 bits per heavy atom. The normalized spacial score (nSPS) is 9.56. The lowest BCUT2D eigenvalue weighted by molar-refractivity contribution is -0.110. The van der Waals surface area contributed by atoms with Crippen LogP contribution in [0.5, 0.6) is 0 Å². The van der Waals surface area contributed by atoms with Gasteiger partial charge in [-0.05, 0) is 5.92 Å². The van der Waals surface area contributed by atoms with E-state index >= 15 is 0 Å². The minimum Gasteiger partial charge on any atom is -0.303 e. The van der Waals surface area contributed by atoms with E-state index in [-0.39, 0.29) is 5.92 Å². The van der Waals surface area contributed by atoms with Gasteiger partial charge < -0.3 is 9.59 Å². The molecule has 2 heteroatoms. The van der Waals surface area contributed by atoms with Crippen LogP contribution in [0, 0.1) is 5.92 Å². The average molecular weight is 128 g/mol.